The molecule has 6 heteroatoms. The molecule has 0 N–H and O–H groups in total. The first-order valence-corrected chi connectivity index (χ1v) is 8.97. The van der Waals surface area contributed by atoms with E-state index in [2.05, 4.69) is 22.1 Å². The molecule has 2 unspecified atom stereocenters. The molecule has 1 aliphatic heterocycles. The molecule has 1 saturated heterocycles. The number of hydrogen-bond donors (Lipinski definition) is 0. The predicted octanol–water partition coefficient (Wildman–Crippen LogP) is 2.58. The van der Waals surface area contributed by atoms with Crippen molar-refractivity contribution in [1.29, 1.82) is 0 Å². The Balaban J connectivity index is 1.49. The zero-order chi connectivity index (χ0) is 17.6. The van der Waals surface area contributed by atoms with Crippen LogP contribution in [0.3, 0.4) is 0 Å². The Bertz CT molecular complexity index is 804. The molecule has 2 fully saturated rings. The van der Waals surface area contributed by atoms with Crippen molar-refractivity contribution in [2.24, 2.45) is 11.8 Å². The second-order valence-electron chi connectivity index (χ2n) is 7.12. The fraction of sp³-hybridized carbons (Fsp3) is 0.526. The Morgan fingerprint density at radius 1 is 1.24 bits per heavy atom. The van der Waals surface area contributed by atoms with Crippen molar-refractivity contribution < 1.29 is 9.53 Å². The van der Waals surface area contributed by atoms with Gasteiger partial charge >= 0.3 is 5.97 Å². The summed E-state index contributed by atoms with van der Waals surface area (Å²) in [5.41, 5.74) is 3.35. The van der Waals surface area contributed by atoms with Gasteiger partial charge in [-0.05, 0) is 50.7 Å². The third kappa shape index (κ3) is 3.13. The van der Waals surface area contributed by atoms with E-state index in [-0.39, 0.29) is 5.97 Å². The van der Waals surface area contributed by atoms with Crippen LogP contribution in [0.5, 0.6) is 0 Å². The Labute approximate surface area is 147 Å². The summed E-state index contributed by atoms with van der Waals surface area (Å²) in [6, 6.07) is 4.23. The second-order valence-corrected chi connectivity index (χ2v) is 7.12. The maximum atomic E-state index is 11.9. The molecule has 2 aromatic heterocycles. The van der Waals surface area contributed by atoms with Crippen molar-refractivity contribution in [3.8, 4) is 0 Å². The van der Waals surface area contributed by atoms with Gasteiger partial charge in [0.15, 0.2) is 0 Å². The molecule has 4 rings (SSSR count). The summed E-state index contributed by atoms with van der Waals surface area (Å²) in [7, 11) is 0. The van der Waals surface area contributed by atoms with Crippen LogP contribution < -0.4 is 4.90 Å². The molecular weight excluding hydrogens is 316 g/mol. The highest BCUT2D eigenvalue weighted by Gasteiger charge is 2.45. The van der Waals surface area contributed by atoms with Crippen molar-refractivity contribution in [3.05, 3.63) is 40.8 Å². The van der Waals surface area contributed by atoms with Gasteiger partial charge in [0.05, 0.1) is 18.8 Å². The lowest BCUT2D eigenvalue weighted by Crippen LogP contribution is -2.23. The second kappa shape index (κ2) is 6.17. The van der Waals surface area contributed by atoms with E-state index in [9.17, 15) is 4.79 Å². The Hall–Kier alpha value is -2.37. The van der Waals surface area contributed by atoms with Gasteiger partial charge in [-0.2, -0.15) is 5.10 Å². The van der Waals surface area contributed by atoms with Crippen LogP contribution in [0.15, 0.2) is 18.3 Å². The molecule has 25 heavy (non-hydrogen) atoms. The molecule has 0 radical (unpaired) electrons. The molecule has 2 atom stereocenters. The molecule has 2 aromatic rings. The Morgan fingerprint density at radius 2 is 2.00 bits per heavy atom. The quantitative estimate of drug-likeness (QED) is 0.783. The fourth-order valence-corrected chi connectivity index (χ4v) is 3.69. The van der Waals surface area contributed by atoms with E-state index < -0.39 is 0 Å². The number of carbonyl (C=O) groups is 1. The largest absolute Gasteiger partial charge is 0.462 e. The average molecular weight is 340 g/mol. The van der Waals surface area contributed by atoms with Gasteiger partial charge in [-0.15, -0.1) is 0 Å². The molecule has 1 saturated carbocycles. The van der Waals surface area contributed by atoms with Crippen LogP contribution in [0.25, 0.3) is 0 Å². The van der Waals surface area contributed by atoms with Gasteiger partial charge < -0.3 is 9.64 Å². The van der Waals surface area contributed by atoms with Crippen LogP contribution >= 0.6 is 0 Å². The number of esters is 1. The van der Waals surface area contributed by atoms with E-state index in [1.807, 2.05) is 13.8 Å². The van der Waals surface area contributed by atoms with Gasteiger partial charge in [0.2, 0.25) is 0 Å². The number of hydrogen-bond acceptors (Lipinski definition) is 5. The van der Waals surface area contributed by atoms with Crippen molar-refractivity contribution in [2.45, 2.75) is 33.7 Å². The van der Waals surface area contributed by atoms with Crippen molar-refractivity contribution in [2.75, 3.05) is 24.6 Å². The Kier molecular flexibility index (Phi) is 3.98. The smallest absolute Gasteiger partial charge is 0.341 e. The number of fused-ring (bicyclic) bond motifs is 1. The summed E-state index contributed by atoms with van der Waals surface area (Å²) in [6.45, 7) is 8.94. The standard InChI is InChI=1S/C19H24N4O2/c1-4-25-19(24)17-11-23(21-13(17)3)10-14-5-6-18(20-12(14)2)22-8-15-7-16(15)9-22/h5-6,11,15-16H,4,7-10H2,1-3H3. The van der Waals surface area contributed by atoms with Gasteiger partial charge in [-0.1, -0.05) is 6.07 Å². The molecule has 132 valence electrons. The molecule has 2 aliphatic rings. The number of anilines is 1. The first kappa shape index (κ1) is 16.1. The summed E-state index contributed by atoms with van der Waals surface area (Å²) in [5, 5.41) is 4.44. The third-order valence-corrected chi connectivity index (χ3v) is 5.26. The molecule has 0 bridgehead atoms. The van der Waals surface area contributed by atoms with Gasteiger partial charge in [0.1, 0.15) is 11.4 Å². The van der Waals surface area contributed by atoms with E-state index in [0.717, 1.165) is 42.0 Å². The zero-order valence-electron chi connectivity index (χ0n) is 15.0. The summed E-state index contributed by atoms with van der Waals surface area (Å²) in [4.78, 5) is 19.1. The average Bonchev–Trinajstić information content (AvgIpc) is 3.00. The van der Waals surface area contributed by atoms with E-state index in [0.29, 0.717) is 24.4 Å². The highest BCUT2D eigenvalue weighted by Crippen LogP contribution is 2.45. The number of piperidine rings is 1. The predicted molar refractivity (Wildman–Crippen MR) is 94.8 cm³/mol. The van der Waals surface area contributed by atoms with Gasteiger partial charge in [-0.3, -0.25) is 4.68 Å². The lowest BCUT2D eigenvalue weighted by molar-refractivity contribution is 0.0525. The van der Waals surface area contributed by atoms with Crippen LogP contribution in [0, 0.1) is 25.7 Å². The van der Waals surface area contributed by atoms with Gasteiger partial charge in [0, 0.05) is 25.0 Å². The number of pyridine rings is 1. The topological polar surface area (TPSA) is 60.2 Å². The van der Waals surface area contributed by atoms with Crippen molar-refractivity contribution >= 4 is 11.8 Å². The third-order valence-electron chi connectivity index (χ3n) is 5.26. The van der Waals surface area contributed by atoms with E-state index in [4.69, 9.17) is 9.72 Å². The van der Waals surface area contributed by atoms with Crippen LogP contribution in [0.1, 0.15) is 40.7 Å². The lowest BCUT2D eigenvalue weighted by atomic mass is 10.2. The number of ether oxygens (including phenoxy) is 1. The zero-order valence-corrected chi connectivity index (χ0v) is 15.0. The number of nitrogens with zero attached hydrogens (tertiary/aromatic N) is 4. The number of aromatic nitrogens is 3. The first-order chi connectivity index (χ1) is 12.0. The minimum absolute atomic E-state index is 0.316. The minimum Gasteiger partial charge on any atom is -0.462 e. The fourth-order valence-electron chi connectivity index (χ4n) is 3.69. The molecular formula is C19H24N4O2. The molecule has 3 heterocycles. The SMILES string of the molecule is CCOC(=O)c1cn(Cc2ccc(N3CC4CC4C3)nc2C)nc1C. The lowest BCUT2D eigenvalue weighted by Gasteiger charge is -2.20. The van der Waals surface area contributed by atoms with E-state index in [1.165, 1.54) is 6.42 Å². The molecule has 0 aromatic carbocycles. The maximum absolute atomic E-state index is 11.9. The number of aryl methyl sites for hydroxylation is 2. The molecule has 0 amide bonds. The molecule has 1 aliphatic carbocycles. The normalized spacial score (nSPS) is 21.3. The maximum Gasteiger partial charge on any atom is 0.341 e. The molecule has 6 nitrogen and oxygen atoms in total. The van der Waals surface area contributed by atoms with Crippen LogP contribution in [0.4, 0.5) is 5.82 Å². The van der Waals surface area contributed by atoms with Gasteiger partial charge in [0.25, 0.3) is 0 Å². The van der Waals surface area contributed by atoms with Crippen LogP contribution in [0.2, 0.25) is 0 Å². The van der Waals surface area contributed by atoms with Crippen LogP contribution in [-0.2, 0) is 11.3 Å². The summed E-state index contributed by atoms with van der Waals surface area (Å²) in [6.07, 6.45) is 3.16. The summed E-state index contributed by atoms with van der Waals surface area (Å²) < 4.78 is 6.86. The van der Waals surface area contributed by atoms with Crippen LogP contribution in [-0.4, -0.2) is 40.4 Å². The minimum atomic E-state index is -0.316. The highest BCUT2D eigenvalue weighted by molar-refractivity contribution is 5.90. The van der Waals surface area contributed by atoms with Gasteiger partial charge in [-0.25, -0.2) is 9.78 Å². The Morgan fingerprint density at radius 3 is 2.68 bits per heavy atom. The summed E-state index contributed by atoms with van der Waals surface area (Å²) >= 11 is 0. The van der Waals surface area contributed by atoms with E-state index >= 15 is 0 Å². The number of rotatable bonds is 5. The van der Waals surface area contributed by atoms with Crippen molar-refractivity contribution in [1.82, 2.24) is 14.8 Å². The number of carbonyl (C=O) groups excluding carboxylic acids is 1. The summed E-state index contributed by atoms with van der Waals surface area (Å²) in [5.74, 6) is 2.56. The van der Waals surface area contributed by atoms with E-state index in [1.54, 1.807) is 17.8 Å². The highest BCUT2D eigenvalue weighted by atomic mass is 16.5. The van der Waals surface area contributed by atoms with Crippen molar-refractivity contribution in [3.63, 3.8) is 0 Å². The molecule has 0 spiro atoms. The first-order valence-electron chi connectivity index (χ1n) is 8.97. The monoisotopic (exact) mass is 340 g/mol.